The first-order valence-corrected chi connectivity index (χ1v) is 5.35. The summed E-state index contributed by atoms with van der Waals surface area (Å²) in [4.78, 5) is 0. The monoisotopic (exact) mass is 228 g/mol. The molecular weight excluding hydrogens is 206 g/mol. The summed E-state index contributed by atoms with van der Waals surface area (Å²) >= 11 is 0. The van der Waals surface area contributed by atoms with Crippen molar-refractivity contribution in [3.63, 3.8) is 0 Å². The van der Waals surface area contributed by atoms with Gasteiger partial charge in [0.15, 0.2) is 0 Å². The van der Waals surface area contributed by atoms with E-state index in [4.69, 9.17) is 14.0 Å². The Bertz CT molecular complexity index is 87.0. The zero-order chi connectivity index (χ0) is 9.94. The summed E-state index contributed by atoms with van der Waals surface area (Å²) in [6.45, 7) is 8.43. The molecule has 0 N–H and O–H groups in total. The number of rotatable bonds is 9. The molecule has 0 aliphatic rings. The van der Waals surface area contributed by atoms with E-state index in [-0.39, 0.29) is 51.4 Å². The largest absolute Gasteiger partial charge is 1.00 e. The molecule has 0 bridgehead atoms. The molecule has 0 fully saturated rings. The number of hydrogen-bond acceptors (Lipinski definition) is 3. The van der Waals surface area contributed by atoms with Gasteiger partial charge in [0.25, 0.3) is 0 Å². The van der Waals surface area contributed by atoms with Gasteiger partial charge in [0.2, 0.25) is 0 Å². The fourth-order valence-corrected chi connectivity index (χ4v) is 0.963. The first kappa shape index (κ1) is 18.0. The molecule has 0 atom stereocenters. The molecule has 0 aliphatic heterocycles. The summed E-state index contributed by atoms with van der Waals surface area (Å²) in [5.41, 5.74) is 0. The summed E-state index contributed by atoms with van der Waals surface area (Å²) in [7, 11) is -1.26. The maximum Gasteiger partial charge on any atom is 1.00 e. The summed E-state index contributed by atoms with van der Waals surface area (Å²) in [6.07, 6.45) is 3.03. The average Bonchev–Trinajstić information content (AvgIpc) is 2.17. The molecule has 0 radical (unpaired) electrons. The van der Waals surface area contributed by atoms with Crippen LogP contribution < -0.4 is 51.4 Å². The molecule has 0 aromatic heterocycles. The predicted molar refractivity (Wildman–Crippen MR) is 55.9 cm³/mol. The molecule has 0 amide bonds. The zero-order valence-electron chi connectivity index (χ0n) is 10.2. The molecule has 0 saturated heterocycles. The zero-order valence-corrected chi connectivity index (χ0v) is 13.3. The Hall–Kier alpha value is 1.58. The van der Waals surface area contributed by atoms with Crippen LogP contribution in [0.4, 0.5) is 0 Å². The van der Waals surface area contributed by atoms with Crippen molar-refractivity contribution in [2.45, 2.75) is 40.0 Å². The summed E-state index contributed by atoms with van der Waals surface area (Å²) < 4.78 is 16.3. The van der Waals surface area contributed by atoms with Crippen LogP contribution in [-0.2, 0) is 14.0 Å². The molecule has 80 valence electrons. The topological polar surface area (TPSA) is 27.7 Å². The summed E-state index contributed by atoms with van der Waals surface area (Å²) in [5.74, 6) is 0. The summed E-state index contributed by atoms with van der Waals surface area (Å²) in [6, 6.07) is 0. The van der Waals surface area contributed by atoms with Gasteiger partial charge in [-0.25, -0.2) is 0 Å². The van der Waals surface area contributed by atoms with Crippen molar-refractivity contribution >= 4 is 7.32 Å². The minimum absolute atomic E-state index is 0. The molecule has 3 nitrogen and oxygen atoms in total. The predicted octanol–water partition coefficient (Wildman–Crippen LogP) is -1.01. The van der Waals surface area contributed by atoms with E-state index in [1.807, 2.05) is 0 Å². The quantitative estimate of drug-likeness (QED) is 0.473. The van der Waals surface area contributed by atoms with Gasteiger partial charge in [-0.05, 0) is 19.3 Å². The average molecular weight is 228 g/mol. The van der Waals surface area contributed by atoms with Gasteiger partial charge in [0, 0.05) is 19.8 Å². The van der Waals surface area contributed by atoms with E-state index in [1.165, 1.54) is 0 Å². The van der Waals surface area contributed by atoms with Gasteiger partial charge >= 0.3 is 58.7 Å². The fraction of sp³-hybridized carbons (Fsp3) is 1.00. The molecule has 0 unspecified atom stereocenters. The molecule has 0 aromatic carbocycles. The standard InChI is InChI=1S/C9H22BO3.K/c1-4-7-11-10(12-8-5-2)13-9-6-3;/h10H,4-9H2,1-3H3;/q-1;+1. The third-order valence-electron chi connectivity index (χ3n) is 1.55. The Morgan fingerprint density at radius 2 is 1.00 bits per heavy atom. The van der Waals surface area contributed by atoms with E-state index in [2.05, 4.69) is 20.8 Å². The van der Waals surface area contributed by atoms with Gasteiger partial charge in [-0.3, -0.25) is 0 Å². The van der Waals surface area contributed by atoms with Crippen molar-refractivity contribution in [1.82, 2.24) is 0 Å². The second-order valence-electron chi connectivity index (χ2n) is 3.08. The Labute approximate surface area is 131 Å². The van der Waals surface area contributed by atoms with Gasteiger partial charge in [-0.1, -0.05) is 20.8 Å². The van der Waals surface area contributed by atoms with E-state index in [0.717, 1.165) is 39.1 Å². The van der Waals surface area contributed by atoms with Crippen molar-refractivity contribution < 1.29 is 65.3 Å². The molecule has 0 aliphatic carbocycles. The van der Waals surface area contributed by atoms with Crippen LogP contribution in [-0.4, -0.2) is 27.1 Å². The van der Waals surface area contributed by atoms with Gasteiger partial charge < -0.3 is 14.0 Å². The Morgan fingerprint density at radius 1 is 0.714 bits per heavy atom. The van der Waals surface area contributed by atoms with Crippen LogP contribution >= 0.6 is 0 Å². The van der Waals surface area contributed by atoms with Crippen LogP contribution in [0.3, 0.4) is 0 Å². The van der Waals surface area contributed by atoms with Crippen molar-refractivity contribution in [3.05, 3.63) is 0 Å². The molecule has 5 heteroatoms. The molecular formula is C9H22BKO3. The van der Waals surface area contributed by atoms with Crippen LogP contribution in [0, 0.1) is 0 Å². The van der Waals surface area contributed by atoms with Crippen molar-refractivity contribution in [3.8, 4) is 0 Å². The smallest absolute Gasteiger partial charge is 0.547 e. The van der Waals surface area contributed by atoms with Crippen LogP contribution in [0.2, 0.25) is 0 Å². The van der Waals surface area contributed by atoms with Gasteiger partial charge in [-0.2, -0.15) is 0 Å². The van der Waals surface area contributed by atoms with E-state index in [1.54, 1.807) is 0 Å². The second-order valence-corrected chi connectivity index (χ2v) is 3.08. The molecule has 0 rings (SSSR count). The normalized spacial score (nSPS) is 10.3. The maximum absolute atomic E-state index is 5.43. The van der Waals surface area contributed by atoms with Gasteiger partial charge in [0.05, 0.1) is 0 Å². The van der Waals surface area contributed by atoms with E-state index < -0.39 is 7.32 Å². The van der Waals surface area contributed by atoms with Crippen LogP contribution in [0.5, 0.6) is 0 Å². The van der Waals surface area contributed by atoms with Crippen LogP contribution in [0.25, 0.3) is 0 Å². The maximum atomic E-state index is 5.43. The van der Waals surface area contributed by atoms with E-state index >= 15 is 0 Å². The third kappa shape index (κ3) is 11.7. The molecule has 0 saturated carbocycles. The number of hydrogen-bond donors (Lipinski definition) is 0. The Kier molecular flexibility index (Phi) is 18.7. The van der Waals surface area contributed by atoms with E-state index in [0.29, 0.717) is 0 Å². The van der Waals surface area contributed by atoms with E-state index in [9.17, 15) is 0 Å². The molecule has 0 aromatic rings. The SMILES string of the molecule is CCCO[BH-](OCCC)OCCC.[K+]. The Balaban J connectivity index is 0. The first-order chi connectivity index (χ1) is 6.35. The molecule has 0 heterocycles. The van der Waals surface area contributed by atoms with Crippen LogP contribution in [0.15, 0.2) is 0 Å². The van der Waals surface area contributed by atoms with Crippen molar-refractivity contribution in [2.24, 2.45) is 0 Å². The van der Waals surface area contributed by atoms with Crippen molar-refractivity contribution in [2.75, 3.05) is 19.8 Å². The van der Waals surface area contributed by atoms with Gasteiger partial charge in [0.1, 0.15) is 0 Å². The van der Waals surface area contributed by atoms with Crippen LogP contribution in [0.1, 0.15) is 40.0 Å². The third-order valence-corrected chi connectivity index (χ3v) is 1.55. The van der Waals surface area contributed by atoms with Crippen molar-refractivity contribution in [1.29, 1.82) is 0 Å². The van der Waals surface area contributed by atoms with Gasteiger partial charge in [-0.15, -0.1) is 0 Å². The minimum atomic E-state index is -1.26. The molecule has 14 heavy (non-hydrogen) atoms. The molecule has 0 spiro atoms. The first-order valence-electron chi connectivity index (χ1n) is 5.35. The minimum Gasteiger partial charge on any atom is -0.547 e. The summed E-state index contributed by atoms with van der Waals surface area (Å²) in [5, 5.41) is 0. The Morgan fingerprint density at radius 3 is 1.21 bits per heavy atom. The second kappa shape index (κ2) is 14.6. The fourth-order valence-electron chi connectivity index (χ4n) is 0.963.